The van der Waals surface area contributed by atoms with Gasteiger partial charge in [0, 0.05) is 19.3 Å². The summed E-state index contributed by atoms with van der Waals surface area (Å²) in [6.07, 6.45) is 1.56. The molecule has 21 heavy (non-hydrogen) atoms. The quantitative estimate of drug-likeness (QED) is 0.661. The van der Waals surface area contributed by atoms with E-state index in [1.807, 2.05) is 0 Å². The third-order valence-electron chi connectivity index (χ3n) is 3.29. The molecular weight excluding hydrogens is 285 g/mol. The molecule has 0 atom stereocenters. The fraction of sp³-hybridized carbons (Fsp3) is 0.462. The summed E-state index contributed by atoms with van der Waals surface area (Å²) in [4.78, 5) is 20.8. The number of halogens is 1. The van der Waals surface area contributed by atoms with E-state index in [0.717, 1.165) is 18.9 Å². The minimum Gasteiger partial charge on any atom is -0.490 e. The van der Waals surface area contributed by atoms with Crippen LogP contribution in [0, 0.1) is 21.8 Å². The normalized spacial score (nSPS) is 15.7. The highest BCUT2D eigenvalue weighted by Crippen LogP contribution is 2.28. The van der Waals surface area contributed by atoms with Gasteiger partial charge in [0.2, 0.25) is 0 Å². The van der Waals surface area contributed by atoms with Crippen LogP contribution in [0.3, 0.4) is 0 Å². The highest BCUT2D eigenvalue weighted by Gasteiger charge is 2.24. The number of aromatic carboxylic acids is 1. The van der Waals surface area contributed by atoms with Gasteiger partial charge >= 0.3 is 5.97 Å². The van der Waals surface area contributed by atoms with Crippen molar-refractivity contribution in [1.29, 1.82) is 0 Å². The van der Waals surface area contributed by atoms with Gasteiger partial charge in [-0.05, 0) is 18.8 Å². The SMILES string of the molecule is O=C(O)c1cc(OCC2CCOCC2)c(F)cc1[N+](=O)[O-]. The van der Waals surface area contributed by atoms with Gasteiger partial charge in [-0.15, -0.1) is 0 Å². The molecule has 0 aliphatic carbocycles. The third-order valence-corrected chi connectivity index (χ3v) is 3.29. The monoisotopic (exact) mass is 299 g/mol. The Morgan fingerprint density at radius 3 is 2.71 bits per heavy atom. The van der Waals surface area contributed by atoms with Crippen molar-refractivity contribution < 1.29 is 28.7 Å². The second kappa shape index (κ2) is 6.49. The Kier molecular flexibility index (Phi) is 4.69. The largest absolute Gasteiger partial charge is 0.490 e. The van der Waals surface area contributed by atoms with Crippen LogP contribution in [0.25, 0.3) is 0 Å². The van der Waals surface area contributed by atoms with E-state index in [2.05, 4.69) is 0 Å². The van der Waals surface area contributed by atoms with Gasteiger partial charge < -0.3 is 14.6 Å². The Balaban J connectivity index is 2.17. The summed E-state index contributed by atoms with van der Waals surface area (Å²) in [6, 6.07) is 1.43. The molecule has 1 aliphatic heterocycles. The van der Waals surface area contributed by atoms with E-state index in [9.17, 15) is 19.3 Å². The van der Waals surface area contributed by atoms with Crippen molar-refractivity contribution in [2.45, 2.75) is 12.8 Å². The maximum Gasteiger partial charge on any atom is 0.342 e. The second-order valence-corrected chi connectivity index (χ2v) is 4.73. The highest BCUT2D eigenvalue weighted by molar-refractivity contribution is 5.92. The Morgan fingerprint density at radius 2 is 2.14 bits per heavy atom. The summed E-state index contributed by atoms with van der Waals surface area (Å²) in [5.74, 6) is -2.54. The molecule has 2 rings (SSSR count). The maximum atomic E-state index is 13.8. The molecule has 0 spiro atoms. The lowest BCUT2D eigenvalue weighted by Crippen LogP contribution is -2.21. The first-order valence-corrected chi connectivity index (χ1v) is 6.41. The van der Waals surface area contributed by atoms with Crippen LogP contribution in [0.1, 0.15) is 23.2 Å². The van der Waals surface area contributed by atoms with Gasteiger partial charge in [-0.1, -0.05) is 0 Å². The molecule has 0 aromatic heterocycles. The lowest BCUT2D eigenvalue weighted by atomic mass is 10.0. The summed E-state index contributed by atoms with van der Waals surface area (Å²) < 4.78 is 24.2. The van der Waals surface area contributed by atoms with Gasteiger partial charge in [-0.25, -0.2) is 9.18 Å². The van der Waals surface area contributed by atoms with E-state index in [1.165, 1.54) is 0 Å². The molecule has 1 saturated heterocycles. The first kappa shape index (κ1) is 15.2. The van der Waals surface area contributed by atoms with Crippen LogP contribution in [-0.4, -0.2) is 35.8 Å². The van der Waals surface area contributed by atoms with Gasteiger partial charge in [0.25, 0.3) is 5.69 Å². The predicted octanol–water partition coefficient (Wildman–Crippen LogP) is 2.24. The number of benzene rings is 1. The molecule has 1 fully saturated rings. The number of carboxylic acid groups (broad SMARTS) is 1. The number of carbonyl (C=O) groups is 1. The first-order chi connectivity index (χ1) is 9.99. The Labute approximate surface area is 119 Å². The molecule has 1 N–H and O–H groups in total. The standard InChI is InChI=1S/C13H14FNO6/c14-10-6-11(15(18)19)9(13(16)17)5-12(10)21-7-8-1-3-20-4-2-8/h5-6,8H,1-4,7H2,(H,16,17). The van der Waals surface area contributed by atoms with Crippen molar-refractivity contribution >= 4 is 11.7 Å². The third kappa shape index (κ3) is 3.66. The molecule has 8 heteroatoms. The van der Waals surface area contributed by atoms with Crippen LogP contribution < -0.4 is 4.74 Å². The van der Waals surface area contributed by atoms with E-state index in [4.69, 9.17) is 14.6 Å². The van der Waals surface area contributed by atoms with E-state index in [1.54, 1.807) is 0 Å². The lowest BCUT2D eigenvalue weighted by Gasteiger charge is -2.22. The minimum atomic E-state index is -1.50. The molecule has 7 nitrogen and oxygen atoms in total. The fourth-order valence-electron chi connectivity index (χ4n) is 2.10. The Bertz CT molecular complexity index is 556. The number of hydrogen-bond acceptors (Lipinski definition) is 5. The molecule has 1 aliphatic rings. The van der Waals surface area contributed by atoms with Crippen molar-refractivity contribution in [1.82, 2.24) is 0 Å². The van der Waals surface area contributed by atoms with Crippen molar-refractivity contribution in [2.24, 2.45) is 5.92 Å². The molecule has 114 valence electrons. The second-order valence-electron chi connectivity index (χ2n) is 4.73. The van der Waals surface area contributed by atoms with Crippen molar-refractivity contribution in [3.8, 4) is 5.75 Å². The van der Waals surface area contributed by atoms with Crippen molar-refractivity contribution in [2.75, 3.05) is 19.8 Å². The van der Waals surface area contributed by atoms with E-state index in [-0.39, 0.29) is 18.3 Å². The number of ether oxygens (including phenoxy) is 2. The number of nitrogens with zero attached hydrogens (tertiary/aromatic N) is 1. The van der Waals surface area contributed by atoms with Gasteiger partial charge in [0.05, 0.1) is 17.6 Å². The molecular formula is C13H14FNO6. The van der Waals surface area contributed by atoms with Crippen molar-refractivity contribution in [3.05, 3.63) is 33.6 Å². The van der Waals surface area contributed by atoms with Crippen LogP contribution in [0.4, 0.5) is 10.1 Å². The van der Waals surface area contributed by atoms with Crippen molar-refractivity contribution in [3.63, 3.8) is 0 Å². The lowest BCUT2D eigenvalue weighted by molar-refractivity contribution is -0.385. The molecule has 1 aromatic rings. The first-order valence-electron chi connectivity index (χ1n) is 6.41. The molecule has 0 saturated carbocycles. The molecule has 1 heterocycles. The van der Waals surface area contributed by atoms with Crippen LogP contribution >= 0.6 is 0 Å². The number of nitro benzene ring substituents is 1. The average molecular weight is 299 g/mol. The van der Waals surface area contributed by atoms with Gasteiger partial charge in [-0.2, -0.15) is 0 Å². The number of nitro groups is 1. The van der Waals surface area contributed by atoms with E-state index in [0.29, 0.717) is 19.3 Å². The van der Waals surface area contributed by atoms with E-state index >= 15 is 0 Å². The summed E-state index contributed by atoms with van der Waals surface area (Å²) in [6.45, 7) is 1.44. The zero-order valence-corrected chi connectivity index (χ0v) is 11.1. The fourth-order valence-corrected chi connectivity index (χ4v) is 2.10. The highest BCUT2D eigenvalue weighted by atomic mass is 19.1. The van der Waals surface area contributed by atoms with Gasteiger partial charge in [0.15, 0.2) is 11.6 Å². The molecule has 0 amide bonds. The number of rotatable bonds is 5. The van der Waals surface area contributed by atoms with Crippen LogP contribution in [0.15, 0.2) is 12.1 Å². The molecule has 1 aromatic carbocycles. The van der Waals surface area contributed by atoms with Crippen LogP contribution in [-0.2, 0) is 4.74 Å². The number of hydrogen-bond donors (Lipinski definition) is 1. The van der Waals surface area contributed by atoms with Crippen LogP contribution in [0.2, 0.25) is 0 Å². The zero-order chi connectivity index (χ0) is 15.4. The summed E-state index contributed by atoms with van der Waals surface area (Å²) in [5.41, 5.74) is -1.39. The summed E-state index contributed by atoms with van der Waals surface area (Å²) >= 11 is 0. The number of carboxylic acids is 1. The molecule has 0 radical (unpaired) electrons. The minimum absolute atomic E-state index is 0.196. The van der Waals surface area contributed by atoms with Gasteiger partial charge in [0.1, 0.15) is 5.56 Å². The Hall–Kier alpha value is -2.22. The summed E-state index contributed by atoms with van der Waals surface area (Å²) in [5, 5.41) is 19.7. The Morgan fingerprint density at radius 1 is 1.48 bits per heavy atom. The van der Waals surface area contributed by atoms with Crippen LogP contribution in [0.5, 0.6) is 5.75 Å². The smallest absolute Gasteiger partial charge is 0.342 e. The molecule has 0 bridgehead atoms. The zero-order valence-electron chi connectivity index (χ0n) is 11.1. The maximum absolute atomic E-state index is 13.8. The molecule has 0 unspecified atom stereocenters. The topological polar surface area (TPSA) is 98.9 Å². The van der Waals surface area contributed by atoms with E-state index < -0.39 is 28.0 Å². The predicted molar refractivity (Wildman–Crippen MR) is 69.1 cm³/mol. The van der Waals surface area contributed by atoms with Gasteiger partial charge in [-0.3, -0.25) is 10.1 Å². The summed E-state index contributed by atoms with van der Waals surface area (Å²) in [7, 11) is 0. The average Bonchev–Trinajstić information content (AvgIpc) is 2.46.